The molecule has 0 unspecified atom stereocenters. The molecule has 12 heteroatoms. The van der Waals surface area contributed by atoms with Gasteiger partial charge < -0.3 is 30.8 Å². The molecule has 2 heterocycles. The van der Waals surface area contributed by atoms with Crippen molar-refractivity contribution in [2.45, 2.75) is 12.5 Å². The van der Waals surface area contributed by atoms with Crippen molar-refractivity contribution < 1.29 is 24.2 Å². The number of hydrogen-bond acceptors (Lipinski definition) is 8. The summed E-state index contributed by atoms with van der Waals surface area (Å²) in [6.07, 6.45) is 2.31. The lowest BCUT2D eigenvalue weighted by atomic mass is 9.99. The summed E-state index contributed by atoms with van der Waals surface area (Å²) in [6, 6.07) is 9.95. The van der Waals surface area contributed by atoms with E-state index >= 15 is 0 Å². The fraction of sp³-hybridized carbons (Fsp3) is 0.217. The van der Waals surface area contributed by atoms with Crippen molar-refractivity contribution in [3.63, 3.8) is 0 Å². The number of nitrogens with one attached hydrogen (secondary N) is 4. The fourth-order valence-electron chi connectivity index (χ4n) is 3.13. The van der Waals surface area contributed by atoms with E-state index in [0.717, 1.165) is 11.8 Å². The van der Waals surface area contributed by atoms with Gasteiger partial charge in [-0.15, -0.1) is 0 Å². The van der Waals surface area contributed by atoms with Crippen molar-refractivity contribution in [1.29, 1.82) is 0 Å². The fourth-order valence-corrected chi connectivity index (χ4v) is 3.13. The van der Waals surface area contributed by atoms with Crippen LogP contribution in [0.2, 0.25) is 0 Å². The second kappa shape index (κ2) is 11.4. The quantitative estimate of drug-likeness (QED) is 0.283. The molecule has 0 aliphatic rings. The highest BCUT2D eigenvalue weighted by molar-refractivity contribution is 5.95. The van der Waals surface area contributed by atoms with Crippen molar-refractivity contribution >= 4 is 23.6 Å². The number of aromatic amines is 1. The van der Waals surface area contributed by atoms with Gasteiger partial charge in [-0.05, 0) is 29.3 Å². The molecule has 0 saturated carbocycles. The van der Waals surface area contributed by atoms with Gasteiger partial charge in [0, 0.05) is 26.0 Å². The number of aromatic nitrogens is 3. The number of carboxylic acids is 1. The number of rotatable bonds is 10. The van der Waals surface area contributed by atoms with Gasteiger partial charge in [-0.2, -0.15) is 0 Å². The summed E-state index contributed by atoms with van der Waals surface area (Å²) in [5, 5.41) is 16.7. The van der Waals surface area contributed by atoms with E-state index in [0.29, 0.717) is 17.1 Å². The van der Waals surface area contributed by atoms with E-state index in [1.807, 2.05) is 0 Å². The SMILES string of the molecule is CNc1ccc([C@@H](NC(=O)c2cnc(C(=O)NCCC(=O)O)[nH]c2=O)c2ccc(OC)cc2)cn1. The number of carbonyl (C=O) groups is 3. The number of methoxy groups -OCH3 is 1. The van der Waals surface area contributed by atoms with Crippen molar-refractivity contribution in [3.8, 4) is 5.75 Å². The molecule has 0 spiro atoms. The minimum atomic E-state index is -1.08. The minimum Gasteiger partial charge on any atom is -0.497 e. The van der Waals surface area contributed by atoms with Gasteiger partial charge in [-0.25, -0.2) is 9.97 Å². The van der Waals surface area contributed by atoms with Crippen LogP contribution in [0.1, 0.15) is 44.6 Å². The van der Waals surface area contributed by atoms with Crippen molar-refractivity contribution in [1.82, 2.24) is 25.6 Å². The smallest absolute Gasteiger partial charge is 0.305 e. The van der Waals surface area contributed by atoms with E-state index in [-0.39, 0.29) is 24.4 Å². The van der Waals surface area contributed by atoms with Crippen LogP contribution in [0.25, 0.3) is 0 Å². The first kappa shape index (κ1) is 24.9. The third-order valence-electron chi connectivity index (χ3n) is 4.98. The molecule has 2 aromatic heterocycles. The lowest BCUT2D eigenvalue weighted by molar-refractivity contribution is -0.136. The number of carboxylic acid groups (broad SMARTS) is 1. The zero-order valence-electron chi connectivity index (χ0n) is 19.0. The summed E-state index contributed by atoms with van der Waals surface area (Å²) < 4.78 is 5.19. The predicted octanol–water partition coefficient (Wildman–Crippen LogP) is 0.939. The Labute approximate surface area is 199 Å². The molecule has 0 radical (unpaired) electrons. The van der Waals surface area contributed by atoms with E-state index in [1.54, 1.807) is 56.8 Å². The number of ether oxygens (including phenoxy) is 1. The third-order valence-corrected chi connectivity index (χ3v) is 4.98. The van der Waals surface area contributed by atoms with Crippen molar-refractivity contribution in [2.75, 3.05) is 26.0 Å². The number of pyridine rings is 1. The third kappa shape index (κ3) is 6.41. The van der Waals surface area contributed by atoms with Crippen LogP contribution in [0, 0.1) is 0 Å². The Balaban J connectivity index is 1.84. The molecule has 1 atom stereocenters. The number of nitrogens with zero attached hydrogens (tertiary/aromatic N) is 2. The van der Waals surface area contributed by atoms with Crippen molar-refractivity contribution in [3.05, 3.63) is 81.7 Å². The van der Waals surface area contributed by atoms with Gasteiger partial charge in [-0.3, -0.25) is 19.2 Å². The monoisotopic (exact) mass is 480 g/mol. The minimum absolute atomic E-state index is 0.135. The molecule has 0 aliphatic carbocycles. The van der Waals surface area contributed by atoms with Crippen LogP contribution in [0.15, 0.2) is 53.6 Å². The largest absolute Gasteiger partial charge is 0.497 e. The van der Waals surface area contributed by atoms with Crippen LogP contribution in [0.3, 0.4) is 0 Å². The standard InChI is InChI=1S/C23H24N6O6/c1-24-17-8-5-14(11-26-17)19(13-3-6-15(35-2)7-4-13)28-21(32)16-12-27-20(29-22(16)33)23(34)25-10-9-18(30)31/h3-8,11-12,19H,9-10H2,1-2H3,(H,24,26)(H,25,34)(H,28,32)(H,30,31)(H,27,29,33)/t19-/m0/s1. The number of benzene rings is 1. The van der Waals surface area contributed by atoms with E-state index in [2.05, 4.69) is 30.9 Å². The lowest BCUT2D eigenvalue weighted by Gasteiger charge is -2.20. The Kier molecular flexibility index (Phi) is 8.11. The molecule has 12 nitrogen and oxygen atoms in total. The van der Waals surface area contributed by atoms with Gasteiger partial charge in [0.15, 0.2) is 5.82 Å². The van der Waals surface area contributed by atoms with Crippen LogP contribution < -0.4 is 26.2 Å². The number of hydrogen-bond donors (Lipinski definition) is 5. The first-order valence-corrected chi connectivity index (χ1v) is 10.5. The highest BCUT2D eigenvalue weighted by Gasteiger charge is 2.21. The molecule has 0 aliphatic heterocycles. The summed E-state index contributed by atoms with van der Waals surface area (Å²) in [4.78, 5) is 58.5. The summed E-state index contributed by atoms with van der Waals surface area (Å²) in [6.45, 7) is -0.135. The zero-order valence-corrected chi connectivity index (χ0v) is 19.0. The summed E-state index contributed by atoms with van der Waals surface area (Å²) in [5.41, 5.74) is 0.265. The van der Waals surface area contributed by atoms with Gasteiger partial charge in [-0.1, -0.05) is 18.2 Å². The van der Waals surface area contributed by atoms with E-state index in [1.165, 1.54) is 0 Å². The molecular weight excluding hydrogens is 456 g/mol. The van der Waals surface area contributed by atoms with E-state index in [9.17, 15) is 19.2 Å². The lowest BCUT2D eigenvalue weighted by Crippen LogP contribution is -2.35. The number of aliphatic carboxylic acids is 1. The molecule has 0 bridgehead atoms. The predicted molar refractivity (Wildman–Crippen MR) is 126 cm³/mol. The van der Waals surface area contributed by atoms with Gasteiger partial charge in [0.05, 0.1) is 19.6 Å². The van der Waals surface area contributed by atoms with Crippen LogP contribution in [0.4, 0.5) is 5.82 Å². The maximum atomic E-state index is 13.0. The Morgan fingerprint density at radius 2 is 1.74 bits per heavy atom. The second-order valence-corrected chi connectivity index (χ2v) is 7.28. The van der Waals surface area contributed by atoms with Crippen molar-refractivity contribution in [2.24, 2.45) is 0 Å². The Morgan fingerprint density at radius 1 is 1.03 bits per heavy atom. The average Bonchev–Trinajstić information content (AvgIpc) is 2.87. The summed E-state index contributed by atoms with van der Waals surface area (Å²) >= 11 is 0. The van der Waals surface area contributed by atoms with Gasteiger partial charge >= 0.3 is 5.97 Å². The van der Waals surface area contributed by atoms with Crippen LogP contribution in [0.5, 0.6) is 5.75 Å². The molecule has 2 amide bonds. The van der Waals surface area contributed by atoms with E-state index in [4.69, 9.17) is 9.84 Å². The molecule has 35 heavy (non-hydrogen) atoms. The Hall–Kier alpha value is -4.74. The van der Waals surface area contributed by atoms with E-state index < -0.39 is 29.4 Å². The maximum Gasteiger partial charge on any atom is 0.305 e. The van der Waals surface area contributed by atoms with Gasteiger partial charge in [0.2, 0.25) is 0 Å². The number of anilines is 1. The second-order valence-electron chi connectivity index (χ2n) is 7.28. The zero-order chi connectivity index (χ0) is 25.4. The molecule has 0 fully saturated rings. The molecule has 1 aromatic carbocycles. The number of amides is 2. The van der Waals surface area contributed by atoms with Crippen LogP contribution in [-0.2, 0) is 4.79 Å². The first-order valence-electron chi connectivity index (χ1n) is 10.5. The van der Waals surface area contributed by atoms with Gasteiger partial charge in [0.1, 0.15) is 17.1 Å². The Morgan fingerprint density at radius 3 is 2.31 bits per heavy atom. The number of carbonyl (C=O) groups excluding carboxylic acids is 2. The topological polar surface area (TPSA) is 175 Å². The molecule has 0 saturated heterocycles. The molecule has 3 aromatic rings. The normalized spacial score (nSPS) is 11.3. The summed E-state index contributed by atoms with van der Waals surface area (Å²) in [5.74, 6) is -1.61. The first-order chi connectivity index (χ1) is 16.8. The average molecular weight is 480 g/mol. The number of H-pyrrole nitrogens is 1. The molecule has 3 rings (SSSR count). The maximum absolute atomic E-state index is 13.0. The van der Waals surface area contributed by atoms with Crippen LogP contribution in [-0.4, -0.2) is 58.5 Å². The van der Waals surface area contributed by atoms with Crippen LogP contribution >= 0.6 is 0 Å². The summed E-state index contributed by atoms with van der Waals surface area (Å²) in [7, 11) is 3.28. The highest BCUT2D eigenvalue weighted by atomic mass is 16.5. The van der Waals surface area contributed by atoms with Gasteiger partial charge in [0.25, 0.3) is 17.4 Å². The molecular formula is C23H24N6O6. The Bertz CT molecular complexity index is 1210. The highest BCUT2D eigenvalue weighted by Crippen LogP contribution is 2.25. The molecule has 5 N–H and O–H groups in total. The molecule has 182 valence electrons.